The fraction of sp³-hybridized carbons (Fsp3) is 0.522. The minimum absolute atomic E-state index is 0.0965. The van der Waals surface area contributed by atoms with Crippen LogP contribution >= 0.6 is 24.0 Å². The highest BCUT2D eigenvalue weighted by Gasteiger charge is 2.33. The zero-order chi connectivity index (χ0) is 23.3. The van der Waals surface area contributed by atoms with Crippen LogP contribution in [0.25, 0.3) is 6.08 Å². The largest absolute Gasteiger partial charge is 0.493 e. The summed E-state index contributed by atoms with van der Waals surface area (Å²) in [5.41, 5.74) is 0.732. The lowest BCUT2D eigenvalue weighted by atomic mass is 9.99. The van der Waals surface area contributed by atoms with E-state index < -0.39 is 0 Å². The van der Waals surface area contributed by atoms with Crippen molar-refractivity contribution in [2.45, 2.75) is 45.1 Å². The molecular formula is C23H30N2O5S2. The Morgan fingerprint density at radius 2 is 1.88 bits per heavy atom. The molecular weight excluding hydrogens is 448 g/mol. The first-order valence-corrected chi connectivity index (χ1v) is 12.0. The van der Waals surface area contributed by atoms with Gasteiger partial charge in [0.2, 0.25) is 11.7 Å². The van der Waals surface area contributed by atoms with Gasteiger partial charge in [-0.25, -0.2) is 0 Å². The third kappa shape index (κ3) is 5.20. The van der Waals surface area contributed by atoms with Crippen LogP contribution in [0.1, 0.15) is 44.6 Å². The lowest BCUT2D eigenvalue weighted by molar-refractivity contribution is -0.135. The molecule has 2 saturated heterocycles. The number of ether oxygens (including phenoxy) is 3. The van der Waals surface area contributed by atoms with Crippen LogP contribution in [0.5, 0.6) is 17.2 Å². The minimum Gasteiger partial charge on any atom is -0.493 e. The molecule has 0 aromatic heterocycles. The van der Waals surface area contributed by atoms with E-state index in [-0.39, 0.29) is 18.2 Å². The first-order valence-electron chi connectivity index (χ1n) is 10.8. The van der Waals surface area contributed by atoms with E-state index in [9.17, 15) is 9.59 Å². The maximum Gasteiger partial charge on any atom is 0.266 e. The average Bonchev–Trinajstić information content (AvgIpc) is 3.08. The van der Waals surface area contributed by atoms with Gasteiger partial charge in [0.15, 0.2) is 11.5 Å². The molecule has 0 saturated carbocycles. The molecule has 3 rings (SSSR count). The first-order chi connectivity index (χ1) is 15.4. The van der Waals surface area contributed by atoms with Crippen LogP contribution in [0.15, 0.2) is 17.0 Å². The molecule has 0 aliphatic carbocycles. The molecule has 9 heteroatoms. The predicted molar refractivity (Wildman–Crippen MR) is 130 cm³/mol. The molecule has 0 bridgehead atoms. The van der Waals surface area contributed by atoms with Gasteiger partial charge in [-0.3, -0.25) is 14.5 Å². The highest BCUT2D eigenvalue weighted by Crippen LogP contribution is 2.40. The van der Waals surface area contributed by atoms with Gasteiger partial charge in [0.05, 0.1) is 26.2 Å². The third-order valence-electron chi connectivity index (χ3n) is 5.83. The number of nitrogens with zero attached hydrogens (tertiary/aromatic N) is 2. The van der Waals surface area contributed by atoms with Crippen LogP contribution in [0.4, 0.5) is 0 Å². The van der Waals surface area contributed by atoms with Crippen LogP contribution in [0.3, 0.4) is 0 Å². The SMILES string of the molecule is CC[C@@H]1CCCCN1C(=O)CCN1C(=O)/C(=C\c2cc(OC)c(OC)c(OC)c2)SC1=S. The lowest BCUT2D eigenvalue weighted by Gasteiger charge is -2.35. The highest BCUT2D eigenvalue weighted by molar-refractivity contribution is 8.26. The number of methoxy groups -OCH3 is 3. The predicted octanol–water partition coefficient (Wildman–Crippen LogP) is 4.09. The molecule has 0 N–H and O–H groups in total. The fourth-order valence-electron chi connectivity index (χ4n) is 4.13. The van der Waals surface area contributed by atoms with Gasteiger partial charge >= 0.3 is 0 Å². The molecule has 7 nitrogen and oxygen atoms in total. The molecule has 2 aliphatic heterocycles. The van der Waals surface area contributed by atoms with E-state index in [1.165, 1.54) is 23.1 Å². The van der Waals surface area contributed by atoms with Crippen LogP contribution in [0.2, 0.25) is 0 Å². The van der Waals surface area contributed by atoms with Crippen molar-refractivity contribution in [2.75, 3.05) is 34.4 Å². The lowest BCUT2D eigenvalue weighted by Crippen LogP contribution is -2.44. The number of thioether (sulfide) groups is 1. The van der Waals surface area contributed by atoms with Crippen molar-refractivity contribution in [3.63, 3.8) is 0 Å². The van der Waals surface area contributed by atoms with Crippen LogP contribution in [0, 0.1) is 0 Å². The Hall–Kier alpha value is -2.26. The summed E-state index contributed by atoms with van der Waals surface area (Å²) in [4.78, 5) is 29.8. The van der Waals surface area contributed by atoms with Crippen LogP contribution in [-0.2, 0) is 9.59 Å². The summed E-state index contributed by atoms with van der Waals surface area (Å²) in [5.74, 6) is 1.41. The van der Waals surface area contributed by atoms with Crippen molar-refractivity contribution in [3.05, 3.63) is 22.6 Å². The van der Waals surface area contributed by atoms with Gasteiger partial charge in [0.25, 0.3) is 5.91 Å². The Kier molecular flexibility index (Phi) is 8.42. The van der Waals surface area contributed by atoms with Crippen molar-refractivity contribution in [1.29, 1.82) is 0 Å². The second kappa shape index (κ2) is 11.0. The van der Waals surface area contributed by atoms with Crippen molar-refractivity contribution in [1.82, 2.24) is 9.80 Å². The molecule has 1 aromatic rings. The number of rotatable bonds is 8. The maximum atomic E-state index is 13.0. The number of hydrogen-bond donors (Lipinski definition) is 0. The number of hydrogen-bond acceptors (Lipinski definition) is 7. The fourth-order valence-corrected chi connectivity index (χ4v) is 5.44. The molecule has 2 amide bonds. The van der Waals surface area contributed by atoms with Gasteiger partial charge in [-0.15, -0.1) is 0 Å². The van der Waals surface area contributed by atoms with E-state index in [4.69, 9.17) is 26.4 Å². The Bertz CT molecular complexity index is 893. The molecule has 2 aliphatic rings. The molecule has 1 atom stereocenters. The highest BCUT2D eigenvalue weighted by atomic mass is 32.2. The number of piperidine rings is 1. The Balaban J connectivity index is 1.72. The quantitative estimate of drug-likeness (QED) is 0.412. The van der Waals surface area contributed by atoms with Gasteiger partial charge in [-0.1, -0.05) is 30.9 Å². The smallest absolute Gasteiger partial charge is 0.266 e. The monoisotopic (exact) mass is 478 g/mol. The van der Waals surface area contributed by atoms with E-state index in [0.717, 1.165) is 31.4 Å². The standard InChI is InChI=1S/C23H30N2O5S2/c1-5-16-8-6-7-10-24(16)20(26)9-11-25-22(27)19(32-23(25)31)14-15-12-17(28-2)21(30-4)18(13-15)29-3/h12-14,16H,5-11H2,1-4H3/b19-14+/t16-/m1/s1. The molecule has 0 radical (unpaired) electrons. The molecule has 2 heterocycles. The second-order valence-corrected chi connectivity index (χ2v) is 9.36. The topological polar surface area (TPSA) is 68.3 Å². The number of benzene rings is 1. The van der Waals surface area contributed by atoms with Gasteiger partial charge in [-0.05, 0) is 49.5 Å². The molecule has 0 unspecified atom stereocenters. The van der Waals surface area contributed by atoms with Crippen LogP contribution in [-0.4, -0.2) is 66.4 Å². The third-order valence-corrected chi connectivity index (χ3v) is 7.20. The Labute approximate surface area is 199 Å². The van der Waals surface area contributed by atoms with Crippen molar-refractivity contribution < 1.29 is 23.8 Å². The number of amides is 2. The van der Waals surface area contributed by atoms with Gasteiger partial charge in [-0.2, -0.15) is 0 Å². The van der Waals surface area contributed by atoms with Gasteiger partial charge in [0.1, 0.15) is 4.32 Å². The van der Waals surface area contributed by atoms with E-state index in [1.807, 2.05) is 4.90 Å². The number of likely N-dealkylation sites (tertiary alicyclic amines) is 1. The van der Waals surface area contributed by atoms with E-state index in [2.05, 4.69) is 6.92 Å². The summed E-state index contributed by atoms with van der Waals surface area (Å²) in [7, 11) is 4.63. The Morgan fingerprint density at radius 3 is 2.47 bits per heavy atom. The minimum atomic E-state index is -0.188. The number of thiocarbonyl (C=S) groups is 1. The Morgan fingerprint density at radius 1 is 1.19 bits per heavy atom. The van der Waals surface area contributed by atoms with Crippen molar-refractivity contribution in [2.24, 2.45) is 0 Å². The van der Waals surface area contributed by atoms with Crippen molar-refractivity contribution in [3.8, 4) is 17.2 Å². The molecule has 0 spiro atoms. The zero-order valence-corrected chi connectivity index (χ0v) is 20.6. The summed E-state index contributed by atoms with van der Waals surface area (Å²) in [6, 6.07) is 3.86. The molecule has 2 fully saturated rings. The summed E-state index contributed by atoms with van der Waals surface area (Å²) in [6.45, 7) is 3.21. The van der Waals surface area contributed by atoms with E-state index >= 15 is 0 Å². The molecule has 32 heavy (non-hydrogen) atoms. The normalized spacial score (nSPS) is 20.1. The zero-order valence-electron chi connectivity index (χ0n) is 19.0. The molecule has 1 aromatic carbocycles. The van der Waals surface area contributed by atoms with Crippen LogP contribution < -0.4 is 14.2 Å². The average molecular weight is 479 g/mol. The van der Waals surface area contributed by atoms with Gasteiger partial charge in [0, 0.05) is 25.6 Å². The number of carbonyl (C=O) groups excluding carboxylic acids is 2. The first kappa shape index (κ1) is 24.4. The second-order valence-electron chi connectivity index (χ2n) is 7.69. The summed E-state index contributed by atoms with van der Waals surface area (Å²) in [6.07, 6.45) is 6.26. The maximum absolute atomic E-state index is 13.0. The number of carbonyl (C=O) groups is 2. The van der Waals surface area contributed by atoms with E-state index in [0.29, 0.717) is 39.1 Å². The summed E-state index contributed by atoms with van der Waals surface area (Å²) in [5, 5.41) is 0. The van der Waals surface area contributed by atoms with Gasteiger partial charge < -0.3 is 19.1 Å². The summed E-state index contributed by atoms with van der Waals surface area (Å²) < 4.78 is 16.6. The van der Waals surface area contributed by atoms with Crippen molar-refractivity contribution >= 4 is 46.2 Å². The molecule has 174 valence electrons. The van der Waals surface area contributed by atoms with E-state index in [1.54, 1.807) is 39.5 Å². The summed E-state index contributed by atoms with van der Waals surface area (Å²) >= 11 is 6.67.